The minimum absolute atomic E-state index is 0.441. The molecule has 0 aliphatic carbocycles. The Morgan fingerprint density at radius 3 is 3.11 bits per heavy atom. The van der Waals surface area contributed by atoms with Crippen LogP contribution in [0.4, 0.5) is 0 Å². The first-order chi connectivity index (χ1) is 9.33. The Kier molecular flexibility index (Phi) is 5.86. The van der Waals surface area contributed by atoms with Crippen molar-refractivity contribution >= 4 is 0 Å². The average Bonchev–Trinajstić information content (AvgIpc) is 3.09. The van der Waals surface area contributed by atoms with Gasteiger partial charge in [-0.3, -0.25) is 4.68 Å². The smallest absolute Gasteiger partial charge is 0.0593 e. The minimum atomic E-state index is 0.441. The van der Waals surface area contributed by atoms with Gasteiger partial charge in [0.05, 0.1) is 12.3 Å². The highest BCUT2D eigenvalue weighted by Gasteiger charge is 2.16. The molecule has 0 bridgehead atoms. The summed E-state index contributed by atoms with van der Waals surface area (Å²) in [7, 11) is 0. The summed E-state index contributed by atoms with van der Waals surface area (Å²) in [6, 6.07) is 0.441. The van der Waals surface area contributed by atoms with Crippen LogP contribution in [0.15, 0.2) is 12.4 Å². The highest BCUT2D eigenvalue weighted by molar-refractivity contribution is 5.10. The van der Waals surface area contributed by atoms with E-state index in [0.717, 1.165) is 32.5 Å². The fraction of sp³-hybridized carbons (Fsp3) is 0.800. The Balaban J connectivity index is 1.82. The molecule has 0 saturated carbocycles. The van der Waals surface area contributed by atoms with Crippen molar-refractivity contribution in [3.63, 3.8) is 0 Å². The predicted molar refractivity (Wildman–Crippen MR) is 77.1 cm³/mol. The second-order valence-electron chi connectivity index (χ2n) is 5.38. The highest BCUT2D eigenvalue weighted by Crippen LogP contribution is 2.18. The molecule has 0 amide bonds. The molecule has 2 unspecified atom stereocenters. The fourth-order valence-electron chi connectivity index (χ4n) is 2.65. The van der Waals surface area contributed by atoms with Gasteiger partial charge in [-0.2, -0.15) is 5.10 Å². The average molecular weight is 265 g/mol. The van der Waals surface area contributed by atoms with Crippen molar-refractivity contribution in [3.05, 3.63) is 18.0 Å². The standard InChI is InChI=1S/C15H27N3O/c1-3-8-16-15(4-2)13-11-17-18(12-13)9-7-14-6-5-10-19-14/h11-12,14-16H,3-10H2,1-2H3. The number of aryl methyl sites for hydroxylation is 1. The molecule has 4 heteroatoms. The predicted octanol–water partition coefficient (Wildman–Crippen LogP) is 2.90. The second-order valence-corrected chi connectivity index (χ2v) is 5.38. The third kappa shape index (κ3) is 4.32. The zero-order valence-corrected chi connectivity index (χ0v) is 12.3. The molecule has 0 aromatic carbocycles. The molecule has 1 fully saturated rings. The molecule has 4 nitrogen and oxygen atoms in total. The summed E-state index contributed by atoms with van der Waals surface area (Å²) in [6.45, 7) is 7.39. The van der Waals surface area contributed by atoms with Gasteiger partial charge in [-0.05, 0) is 38.6 Å². The number of hydrogen-bond donors (Lipinski definition) is 1. The molecule has 0 spiro atoms. The lowest BCUT2D eigenvalue weighted by Crippen LogP contribution is -2.21. The molecule has 2 atom stereocenters. The third-order valence-electron chi connectivity index (χ3n) is 3.81. The van der Waals surface area contributed by atoms with Crippen LogP contribution >= 0.6 is 0 Å². The molecule has 1 saturated heterocycles. The lowest BCUT2D eigenvalue weighted by Gasteiger charge is -2.14. The maximum absolute atomic E-state index is 5.65. The molecule has 108 valence electrons. The van der Waals surface area contributed by atoms with Crippen molar-refractivity contribution < 1.29 is 4.74 Å². The van der Waals surface area contributed by atoms with Crippen LogP contribution in [0.25, 0.3) is 0 Å². The quantitative estimate of drug-likeness (QED) is 0.785. The van der Waals surface area contributed by atoms with Crippen molar-refractivity contribution in [1.29, 1.82) is 0 Å². The van der Waals surface area contributed by atoms with Crippen LogP contribution in [-0.2, 0) is 11.3 Å². The summed E-state index contributed by atoms with van der Waals surface area (Å²) in [5, 5.41) is 8.04. The lowest BCUT2D eigenvalue weighted by atomic mass is 10.1. The van der Waals surface area contributed by atoms with E-state index in [0.29, 0.717) is 12.1 Å². The van der Waals surface area contributed by atoms with E-state index < -0.39 is 0 Å². The Hall–Kier alpha value is -0.870. The van der Waals surface area contributed by atoms with Crippen LogP contribution in [0.5, 0.6) is 0 Å². The SMILES string of the molecule is CCCNC(CC)c1cnn(CCC2CCCO2)c1. The van der Waals surface area contributed by atoms with Crippen LogP contribution in [0.1, 0.15) is 57.6 Å². The summed E-state index contributed by atoms with van der Waals surface area (Å²) < 4.78 is 7.71. The first-order valence-corrected chi connectivity index (χ1v) is 7.70. The van der Waals surface area contributed by atoms with Crippen LogP contribution < -0.4 is 5.32 Å². The maximum atomic E-state index is 5.65. The largest absolute Gasteiger partial charge is 0.378 e. The first-order valence-electron chi connectivity index (χ1n) is 7.70. The van der Waals surface area contributed by atoms with E-state index in [1.807, 2.05) is 6.20 Å². The van der Waals surface area contributed by atoms with Crippen molar-refractivity contribution in [2.75, 3.05) is 13.2 Å². The number of nitrogens with zero attached hydrogens (tertiary/aromatic N) is 2. The van der Waals surface area contributed by atoms with Crippen molar-refractivity contribution in [2.45, 2.75) is 64.6 Å². The van der Waals surface area contributed by atoms with Gasteiger partial charge in [-0.25, -0.2) is 0 Å². The molecule has 2 heterocycles. The van der Waals surface area contributed by atoms with Crippen LogP contribution in [-0.4, -0.2) is 29.0 Å². The van der Waals surface area contributed by atoms with Gasteiger partial charge in [-0.1, -0.05) is 13.8 Å². The number of aromatic nitrogens is 2. The highest BCUT2D eigenvalue weighted by atomic mass is 16.5. The number of nitrogens with one attached hydrogen (secondary N) is 1. The Morgan fingerprint density at radius 2 is 2.42 bits per heavy atom. The zero-order valence-electron chi connectivity index (χ0n) is 12.3. The molecule has 2 rings (SSSR count). The van der Waals surface area contributed by atoms with E-state index in [1.54, 1.807) is 0 Å². The minimum Gasteiger partial charge on any atom is -0.378 e. The van der Waals surface area contributed by atoms with Crippen LogP contribution in [0, 0.1) is 0 Å². The van der Waals surface area contributed by atoms with Crippen LogP contribution in [0.3, 0.4) is 0 Å². The number of hydrogen-bond acceptors (Lipinski definition) is 3. The summed E-state index contributed by atoms with van der Waals surface area (Å²) in [6.07, 6.45) is 10.4. The number of ether oxygens (including phenoxy) is 1. The molecule has 1 aliphatic heterocycles. The van der Waals surface area contributed by atoms with Gasteiger partial charge in [0.25, 0.3) is 0 Å². The molecule has 1 aliphatic rings. The maximum Gasteiger partial charge on any atom is 0.0593 e. The van der Waals surface area contributed by atoms with E-state index >= 15 is 0 Å². The van der Waals surface area contributed by atoms with E-state index in [4.69, 9.17) is 4.74 Å². The fourth-order valence-corrected chi connectivity index (χ4v) is 2.65. The van der Waals surface area contributed by atoms with Crippen molar-refractivity contribution in [3.8, 4) is 0 Å². The molecular formula is C15H27N3O. The molecule has 1 N–H and O–H groups in total. The van der Waals surface area contributed by atoms with Gasteiger partial charge in [0.2, 0.25) is 0 Å². The number of rotatable bonds is 8. The zero-order chi connectivity index (χ0) is 13.5. The lowest BCUT2D eigenvalue weighted by molar-refractivity contribution is 0.0994. The summed E-state index contributed by atoms with van der Waals surface area (Å²) in [5.41, 5.74) is 1.31. The van der Waals surface area contributed by atoms with Gasteiger partial charge >= 0.3 is 0 Å². The Bertz CT molecular complexity index is 358. The van der Waals surface area contributed by atoms with Gasteiger partial charge in [0.1, 0.15) is 0 Å². The molecule has 0 radical (unpaired) electrons. The first kappa shape index (κ1) is 14.5. The second kappa shape index (κ2) is 7.65. The Labute approximate surface area is 116 Å². The molecule has 1 aromatic rings. The van der Waals surface area contributed by atoms with E-state index in [9.17, 15) is 0 Å². The molecule has 1 aromatic heterocycles. The third-order valence-corrected chi connectivity index (χ3v) is 3.81. The molecular weight excluding hydrogens is 238 g/mol. The van der Waals surface area contributed by atoms with E-state index in [2.05, 4.69) is 35.1 Å². The monoisotopic (exact) mass is 265 g/mol. The van der Waals surface area contributed by atoms with E-state index in [1.165, 1.54) is 24.8 Å². The van der Waals surface area contributed by atoms with Gasteiger partial charge in [0.15, 0.2) is 0 Å². The normalized spacial score (nSPS) is 20.8. The van der Waals surface area contributed by atoms with E-state index in [-0.39, 0.29) is 0 Å². The summed E-state index contributed by atoms with van der Waals surface area (Å²) >= 11 is 0. The molecule has 19 heavy (non-hydrogen) atoms. The summed E-state index contributed by atoms with van der Waals surface area (Å²) in [5.74, 6) is 0. The van der Waals surface area contributed by atoms with Crippen molar-refractivity contribution in [1.82, 2.24) is 15.1 Å². The van der Waals surface area contributed by atoms with Crippen LogP contribution in [0.2, 0.25) is 0 Å². The summed E-state index contributed by atoms with van der Waals surface area (Å²) in [4.78, 5) is 0. The topological polar surface area (TPSA) is 39.1 Å². The Morgan fingerprint density at radius 1 is 1.53 bits per heavy atom. The van der Waals surface area contributed by atoms with Gasteiger partial charge in [0, 0.05) is 31.0 Å². The van der Waals surface area contributed by atoms with Crippen molar-refractivity contribution in [2.24, 2.45) is 0 Å². The van der Waals surface area contributed by atoms with Gasteiger partial charge < -0.3 is 10.1 Å². The van der Waals surface area contributed by atoms with Gasteiger partial charge in [-0.15, -0.1) is 0 Å².